The van der Waals surface area contributed by atoms with E-state index < -0.39 is 0 Å². The molecule has 0 aromatic heterocycles. The molecule has 1 amide bonds. The van der Waals surface area contributed by atoms with Gasteiger partial charge < -0.3 is 9.84 Å². The topological polar surface area (TPSA) is 70.9 Å². The first-order valence-corrected chi connectivity index (χ1v) is 7.28. The van der Waals surface area contributed by atoms with Crippen molar-refractivity contribution in [3.05, 3.63) is 58.1 Å². The lowest BCUT2D eigenvalue weighted by molar-refractivity contribution is 0.0955. The molecule has 0 saturated heterocycles. The Balaban J connectivity index is 2.12. The van der Waals surface area contributed by atoms with Crippen LogP contribution in [0.3, 0.4) is 0 Å². The van der Waals surface area contributed by atoms with E-state index in [0.29, 0.717) is 22.6 Å². The van der Waals surface area contributed by atoms with Gasteiger partial charge in [0.2, 0.25) is 0 Å². The SMILES string of the molecule is COc1ccc(C(=O)NN=C(C)c2cc(Br)ccc2O)cc1. The van der Waals surface area contributed by atoms with Crippen molar-refractivity contribution in [2.45, 2.75) is 6.92 Å². The number of carbonyl (C=O) groups is 1. The number of hydrogen-bond acceptors (Lipinski definition) is 4. The Bertz CT molecular complexity index is 712. The maximum atomic E-state index is 12.0. The van der Waals surface area contributed by atoms with Gasteiger partial charge in [-0.05, 0) is 49.4 Å². The highest BCUT2D eigenvalue weighted by molar-refractivity contribution is 9.10. The quantitative estimate of drug-likeness (QED) is 0.647. The van der Waals surface area contributed by atoms with Crippen LogP contribution in [0.25, 0.3) is 0 Å². The number of methoxy groups -OCH3 is 1. The number of nitrogens with zero attached hydrogens (tertiary/aromatic N) is 1. The lowest BCUT2D eigenvalue weighted by Gasteiger charge is -2.06. The van der Waals surface area contributed by atoms with Crippen LogP contribution in [0.5, 0.6) is 11.5 Å². The minimum absolute atomic E-state index is 0.100. The number of phenolic OH excluding ortho intramolecular Hbond substituents is 1. The number of rotatable bonds is 4. The molecule has 2 rings (SSSR count). The largest absolute Gasteiger partial charge is 0.507 e. The van der Waals surface area contributed by atoms with Crippen molar-refractivity contribution in [2.24, 2.45) is 5.10 Å². The van der Waals surface area contributed by atoms with Crippen LogP contribution in [0.15, 0.2) is 52.0 Å². The molecule has 0 aliphatic heterocycles. The molecule has 0 heterocycles. The zero-order valence-electron chi connectivity index (χ0n) is 12.1. The summed E-state index contributed by atoms with van der Waals surface area (Å²) >= 11 is 3.33. The smallest absolute Gasteiger partial charge is 0.271 e. The summed E-state index contributed by atoms with van der Waals surface area (Å²) in [5.41, 5.74) is 3.98. The second-order valence-electron chi connectivity index (χ2n) is 4.53. The van der Waals surface area contributed by atoms with Crippen molar-refractivity contribution in [3.63, 3.8) is 0 Å². The molecule has 6 heteroatoms. The second-order valence-corrected chi connectivity index (χ2v) is 5.44. The molecule has 0 unspecified atom stereocenters. The van der Waals surface area contributed by atoms with Crippen LogP contribution >= 0.6 is 15.9 Å². The van der Waals surface area contributed by atoms with Gasteiger partial charge in [0.05, 0.1) is 12.8 Å². The Morgan fingerprint density at radius 1 is 1.23 bits per heavy atom. The molecule has 2 aromatic carbocycles. The highest BCUT2D eigenvalue weighted by Crippen LogP contribution is 2.22. The van der Waals surface area contributed by atoms with Crippen molar-refractivity contribution in [1.29, 1.82) is 0 Å². The highest BCUT2D eigenvalue weighted by atomic mass is 79.9. The molecule has 0 bridgehead atoms. The summed E-state index contributed by atoms with van der Waals surface area (Å²) < 4.78 is 5.85. The molecule has 0 saturated carbocycles. The van der Waals surface area contributed by atoms with E-state index in [2.05, 4.69) is 26.5 Å². The number of hydrazone groups is 1. The Hall–Kier alpha value is -2.34. The summed E-state index contributed by atoms with van der Waals surface area (Å²) in [6, 6.07) is 11.7. The van der Waals surface area contributed by atoms with Gasteiger partial charge in [-0.3, -0.25) is 4.79 Å². The zero-order chi connectivity index (χ0) is 16.1. The standard InChI is InChI=1S/C16H15BrN2O3/c1-10(14-9-12(17)5-8-15(14)20)18-19-16(21)11-3-6-13(22-2)7-4-11/h3-9,20H,1-2H3,(H,19,21). The van der Waals surface area contributed by atoms with E-state index in [0.717, 1.165) is 4.47 Å². The Kier molecular flexibility index (Phi) is 5.16. The predicted octanol–water partition coefficient (Wildman–Crippen LogP) is 3.32. The predicted molar refractivity (Wildman–Crippen MR) is 88.5 cm³/mol. The monoisotopic (exact) mass is 362 g/mol. The molecule has 114 valence electrons. The molecule has 2 aromatic rings. The van der Waals surface area contributed by atoms with Crippen molar-refractivity contribution in [2.75, 3.05) is 7.11 Å². The van der Waals surface area contributed by atoms with Crippen LogP contribution in [0.4, 0.5) is 0 Å². The van der Waals surface area contributed by atoms with Crippen LogP contribution < -0.4 is 10.2 Å². The Labute approximate surface area is 136 Å². The number of ether oxygens (including phenoxy) is 1. The maximum Gasteiger partial charge on any atom is 0.271 e. The van der Waals surface area contributed by atoms with Crippen LogP contribution in [0.2, 0.25) is 0 Å². The number of phenols is 1. The normalized spacial score (nSPS) is 11.1. The van der Waals surface area contributed by atoms with E-state index in [9.17, 15) is 9.90 Å². The average molecular weight is 363 g/mol. The maximum absolute atomic E-state index is 12.0. The number of amides is 1. The molecular weight excluding hydrogens is 348 g/mol. The van der Waals surface area contributed by atoms with Crippen molar-refractivity contribution in [3.8, 4) is 11.5 Å². The first-order valence-electron chi connectivity index (χ1n) is 6.49. The third kappa shape index (κ3) is 3.85. The molecule has 5 nitrogen and oxygen atoms in total. The van der Waals surface area contributed by atoms with E-state index in [1.54, 1.807) is 56.5 Å². The van der Waals surface area contributed by atoms with E-state index in [1.165, 1.54) is 0 Å². The zero-order valence-corrected chi connectivity index (χ0v) is 13.7. The van der Waals surface area contributed by atoms with Gasteiger partial charge in [0.15, 0.2) is 0 Å². The molecule has 0 spiro atoms. The lowest BCUT2D eigenvalue weighted by atomic mass is 10.1. The van der Waals surface area contributed by atoms with E-state index >= 15 is 0 Å². The fourth-order valence-corrected chi connectivity index (χ4v) is 2.16. The Morgan fingerprint density at radius 3 is 2.55 bits per heavy atom. The van der Waals surface area contributed by atoms with Crippen molar-refractivity contribution >= 4 is 27.5 Å². The summed E-state index contributed by atoms with van der Waals surface area (Å²) in [7, 11) is 1.56. The molecule has 0 fully saturated rings. The van der Waals surface area contributed by atoms with Gasteiger partial charge in [0, 0.05) is 15.6 Å². The number of hydrogen-bond donors (Lipinski definition) is 2. The lowest BCUT2D eigenvalue weighted by Crippen LogP contribution is -2.19. The van der Waals surface area contributed by atoms with Gasteiger partial charge >= 0.3 is 0 Å². The fourth-order valence-electron chi connectivity index (χ4n) is 1.80. The molecule has 2 N–H and O–H groups in total. The van der Waals surface area contributed by atoms with Crippen molar-refractivity contribution in [1.82, 2.24) is 5.43 Å². The van der Waals surface area contributed by atoms with E-state index in [1.807, 2.05) is 0 Å². The van der Waals surface area contributed by atoms with E-state index in [-0.39, 0.29) is 11.7 Å². The fraction of sp³-hybridized carbons (Fsp3) is 0.125. The van der Waals surface area contributed by atoms with E-state index in [4.69, 9.17) is 4.74 Å². The number of carbonyl (C=O) groups excluding carboxylic acids is 1. The number of aromatic hydroxyl groups is 1. The minimum atomic E-state index is -0.337. The van der Waals surface area contributed by atoms with Crippen LogP contribution in [0.1, 0.15) is 22.8 Å². The van der Waals surface area contributed by atoms with Gasteiger partial charge in [0.25, 0.3) is 5.91 Å². The summed E-state index contributed by atoms with van der Waals surface area (Å²) in [6.07, 6.45) is 0. The third-order valence-corrected chi connectivity index (χ3v) is 3.52. The third-order valence-electron chi connectivity index (χ3n) is 3.03. The van der Waals surface area contributed by atoms with Crippen LogP contribution in [-0.2, 0) is 0 Å². The number of nitrogens with one attached hydrogen (secondary N) is 1. The average Bonchev–Trinajstić information content (AvgIpc) is 2.54. The molecule has 0 aliphatic carbocycles. The molecule has 22 heavy (non-hydrogen) atoms. The number of benzene rings is 2. The molecule has 0 aliphatic rings. The summed E-state index contributed by atoms with van der Waals surface area (Å²) in [5, 5.41) is 13.8. The van der Waals surface area contributed by atoms with Gasteiger partial charge in [0.1, 0.15) is 11.5 Å². The van der Waals surface area contributed by atoms with Crippen LogP contribution in [0, 0.1) is 0 Å². The minimum Gasteiger partial charge on any atom is -0.507 e. The molecule has 0 radical (unpaired) electrons. The van der Waals surface area contributed by atoms with Gasteiger partial charge in [-0.25, -0.2) is 5.43 Å². The summed E-state index contributed by atoms with van der Waals surface area (Å²) in [5.74, 6) is 0.440. The van der Waals surface area contributed by atoms with Crippen LogP contribution in [-0.4, -0.2) is 23.8 Å². The van der Waals surface area contributed by atoms with Crippen molar-refractivity contribution < 1.29 is 14.6 Å². The molecular formula is C16H15BrN2O3. The first-order chi connectivity index (χ1) is 10.5. The van der Waals surface area contributed by atoms with Gasteiger partial charge in [-0.2, -0.15) is 5.10 Å². The second kappa shape index (κ2) is 7.09. The highest BCUT2D eigenvalue weighted by Gasteiger charge is 2.08. The van der Waals surface area contributed by atoms with Gasteiger partial charge in [-0.15, -0.1) is 0 Å². The summed E-state index contributed by atoms with van der Waals surface area (Å²) in [4.78, 5) is 12.0. The number of halogens is 1. The van der Waals surface area contributed by atoms with Gasteiger partial charge in [-0.1, -0.05) is 15.9 Å². The Morgan fingerprint density at radius 2 is 1.91 bits per heavy atom. The first kappa shape index (κ1) is 16.0. The molecule has 0 atom stereocenters. The summed E-state index contributed by atoms with van der Waals surface area (Å²) in [6.45, 7) is 1.70.